The van der Waals surface area contributed by atoms with Crippen molar-refractivity contribution in [3.8, 4) is 0 Å². The molecule has 31 heavy (non-hydrogen) atoms. The molecular formula is C21H23N7O2S. The fraction of sp³-hybridized carbons (Fsp3) is 0.190. The molecule has 0 radical (unpaired) electrons. The van der Waals surface area contributed by atoms with Gasteiger partial charge in [-0.3, -0.25) is 4.68 Å². The van der Waals surface area contributed by atoms with E-state index >= 15 is 0 Å². The van der Waals surface area contributed by atoms with Crippen molar-refractivity contribution in [1.82, 2.24) is 19.7 Å². The zero-order valence-electron chi connectivity index (χ0n) is 25.4. The van der Waals surface area contributed by atoms with Gasteiger partial charge in [-0.05, 0) is 55.7 Å². The predicted octanol–water partition coefficient (Wildman–Crippen LogP) is 3.14. The second-order valence-electron chi connectivity index (χ2n) is 6.62. The number of hydrogen-bond acceptors (Lipinski definition) is 7. The van der Waals surface area contributed by atoms with Crippen LogP contribution >= 0.6 is 0 Å². The SMILES string of the molecule is [2H]c1c([2H])c(Nc2nccc(N(c3ccc4c(C([2H])([2H])[2H])n(C)nc4c3)C([2H])([2H])[2H])n2)c([2H])c(S(N)(=O)=O)c1C. The maximum Gasteiger partial charge on any atom is 0.238 e. The van der Waals surface area contributed by atoms with Crippen LogP contribution in [0.4, 0.5) is 23.1 Å². The zero-order valence-corrected chi connectivity index (χ0v) is 17.2. The Kier molecular flexibility index (Phi) is 3.05. The van der Waals surface area contributed by atoms with Crippen molar-refractivity contribution in [3.05, 3.63) is 59.8 Å². The molecule has 2 aromatic heterocycles. The highest BCUT2D eigenvalue weighted by Gasteiger charge is 2.14. The number of nitrogens with zero attached hydrogens (tertiary/aromatic N) is 5. The molecule has 4 aromatic rings. The van der Waals surface area contributed by atoms with Gasteiger partial charge in [-0.15, -0.1) is 0 Å². The van der Waals surface area contributed by atoms with Gasteiger partial charge in [-0.2, -0.15) is 10.1 Å². The van der Waals surface area contributed by atoms with E-state index in [1.807, 2.05) is 0 Å². The molecule has 4 rings (SSSR count). The van der Waals surface area contributed by atoms with Crippen LogP contribution in [0.25, 0.3) is 10.9 Å². The van der Waals surface area contributed by atoms with E-state index in [1.165, 1.54) is 49.1 Å². The molecule has 160 valence electrons. The normalized spacial score (nSPS) is 16.7. The van der Waals surface area contributed by atoms with Crippen molar-refractivity contribution in [3.63, 3.8) is 0 Å². The molecule has 2 heterocycles. The molecule has 0 atom stereocenters. The van der Waals surface area contributed by atoms with E-state index in [9.17, 15) is 8.42 Å². The molecule has 0 fully saturated rings. The maximum absolute atomic E-state index is 12.1. The summed E-state index contributed by atoms with van der Waals surface area (Å²) >= 11 is 0. The minimum absolute atomic E-state index is 0.00822. The highest BCUT2D eigenvalue weighted by Crippen LogP contribution is 2.28. The third kappa shape index (κ3) is 4.07. The first-order chi connectivity index (χ1) is 18.3. The summed E-state index contributed by atoms with van der Waals surface area (Å²) in [6.07, 6.45) is 1.21. The van der Waals surface area contributed by atoms with Crippen molar-refractivity contribution < 1.29 is 20.8 Å². The number of rotatable bonds is 5. The van der Waals surface area contributed by atoms with E-state index in [1.54, 1.807) is 0 Å². The molecule has 0 aliphatic heterocycles. The molecule has 0 unspecified atom stereocenters. The number of nitrogens with two attached hydrogens (primary N) is 1. The standard InChI is InChI=1S/C21H23N7O2S/c1-13-5-6-15(11-19(13)31(22,29)30)24-21-23-10-9-20(25-21)27(3)16-7-8-17-14(2)28(4)26-18(17)12-16/h5-12H,1-4H3,(H2,22,29,30)(H,23,24,25)/i2D3,3D3,5D,6D,11D. The number of benzene rings is 2. The summed E-state index contributed by atoms with van der Waals surface area (Å²) < 4.78 is 97.7. The van der Waals surface area contributed by atoms with E-state index in [0.29, 0.717) is 5.39 Å². The lowest BCUT2D eigenvalue weighted by atomic mass is 10.2. The van der Waals surface area contributed by atoms with Crippen molar-refractivity contribution in [2.45, 2.75) is 18.7 Å². The summed E-state index contributed by atoms with van der Waals surface area (Å²) in [7, 11) is -2.95. The van der Waals surface area contributed by atoms with Crippen LogP contribution < -0.4 is 15.4 Å². The van der Waals surface area contributed by atoms with Crippen LogP contribution in [0.3, 0.4) is 0 Å². The van der Waals surface area contributed by atoms with Crippen LogP contribution in [0.15, 0.2) is 53.5 Å². The fourth-order valence-electron chi connectivity index (χ4n) is 2.90. The van der Waals surface area contributed by atoms with Crippen molar-refractivity contribution >= 4 is 44.1 Å². The highest BCUT2D eigenvalue weighted by atomic mass is 32.2. The smallest absolute Gasteiger partial charge is 0.238 e. The van der Waals surface area contributed by atoms with Gasteiger partial charge in [0, 0.05) is 50.9 Å². The van der Waals surface area contributed by atoms with Gasteiger partial charge < -0.3 is 10.2 Å². The molecule has 2 aromatic carbocycles. The third-order valence-corrected chi connectivity index (χ3v) is 5.40. The van der Waals surface area contributed by atoms with Gasteiger partial charge in [0.05, 0.1) is 14.5 Å². The minimum Gasteiger partial charge on any atom is -0.329 e. The largest absolute Gasteiger partial charge is 0.329 e. The van der Waals surface area contributed by atoms with Gasteiger partial charge in [0.15, 0.2) is 0 Å². The summed E-state index contributed by atoms with van der Waals surface area (Å²) in [5, 5.41) is 12.3. The summed E-state index contributed by atoms with van der Waals surface area (Å²) in [5.74, 6) is -0.437. The predicted molar refractivity (Wildman–Crippen MR) is 121 cm³/mol. The van der Waals surface area contributed by atoms with Gasteiger partial charge >= 0.3 is 0 Å². The van der Waals surface area contributed by atoms with Crippen LogP contribution in [-0.2, 0) is 17.1 Å². The Morgan fingerprint density at radius 3 is 2.87 bits per heavy atom. The molecule has 0 saturated heterocycles. The summed E-state index contributed by atoms with van der Waals surface area (Å²) in [5.41, 5.74) is -0.244. The summed E-state index contributed by atoms with van der Waals surface area (Å²) in [6.45, 7) is -3.98. The monoisotopic (exact) mass is 446 g/mol. The van der Waals surface area contributed by atoms with E-state index in [4.69, 9.17) is 17.5 Å². The summed E-state index contributed by atoms with van der Waals surface area (Å²) in [4.78, 5) is 8.43. The van der Waals surface area contributed by atoms with Gasteiger partial charge in [0.25, 0.3) is 0 Å². The lowest BCUT2D eigenvalue weighted by Crippen LogP contribution is -2.14. The number of anilines is 4. The van der Waals surface area contributed by atoms with E-state index in [0.717, 1.165) is 4.90 Å². The molecule has 0 spiro atoms. The van der Waals surface area contributed by atoms with Gasteiger partial charge in [-0.25, -0.2) is 18.5 Å². The average molecular weight is 447 g/mol. The maximum atomic E-state index is 12.1. The number of fused-ring (bicyclic) bond motifs is 1. The molecule has 3 N–H and O–H groups in total. The first-order valence-electron chi connectivity index (χ1n) is 13.3. The Morgan fingerprint density at radius 1 is 1.29 bits per heavy atom. The fourth-order valence-corrected chi connectivity index (χ4v) is 3.63. The zero-order chi connectivity index (χ0) is 29.9. The number of aromatic nitrogens is 4. The first-order valence-corrected chi connectivity index (χ1v) is 10.4. The van der Waals surface area contributed by atoms with E-state index < -0.39 is 52.6 Å². The van der Waals surface area contributed by atoms with E-state index in [2.05, 4.69) is 20.4 Å². The molecule has 0 aliphatic rings. The summed E-state index contributed by atoms with van der Waals surface area (Å²) in [6, 6.07) is 3.89. The van der Waals surface area contributed by atoms with Crippen molar-refractivity contribution in [1.29, 1.82) is 0 Å². The van der Waals surface area contributed by atoms with Crippen molar-refractivity contribution in [2.24, 2.45) is 12.2 Å². The van der Waals surface area contributed by atoms with Crippen LogP contribution in [0, 0.1) is 13.8 Å². The average Bonchev–Trinajstić information content (AvgIpc) is 3.14. The van der Waals surface area contributed by atoms with Crippen LogP contribution in [-0.4, -0.2) is 35.1 Å². The lowest BCUT2D eigenvalue weighted by Gasteiger charge is -2.19. The Labute approximate surface area is 193 Å². The quantitative estimate of drug-likeness (QED) is 0.483. The lowest BCUT2D eigenvalue weighted by molar-refractivity contribution is 0.597. The van der Waals surface area contributed by atoms with Crippen LogP contribution in [0.1, 0.15) is 23.6 Å². The van der Waals surface area contributed by atoms with E-state index in [-0.39, 0.29) is 34.2 Å². The molecule has 0 aliphatic carbocycles. The number of sulfonamides is 1. The number of hydrogen-bond donors (Lipinski definition) is 2. The molecule has 0 bridgehead atoms. The minimum atomic E-state index is -4.42. The second kappa shape index (κ2) is 7.64. The Morgan fingerprint density at radius 2 is 2.13 bits per heavy atom. The molecule has 0 amide bonds. The van der Waals surface area contributed by atoms with Gasteiger partial charge in [0.2, 0.25) is 16.0 Å². The highest BCUT2D eigenvalue weighted by molar-refractivity contribution is 7.89. The number of primary sulfonamides is 1. The second-order valence-corrected chi connectivity index (χ2v) is 8.12. The molecule has 0 saturated carbocycles. The number of nitrogens with one attached hydrogen (secondary N) is 1. The van der Waals surface area contributed by atoms with Crippen LogP contribution in [0.5, 0.6) is 0 Å². The topological polar surface area (TPSA) is 119 Å². The number of aryl methyl sites for hydroxylation is 2. The van der Waals surface area contributed by atoms with Crippen LogP contribution in [0.2, 0.25) is 0 Å². The van der Waals surface area contributed by atoms with Gasteiger partial charge in [0.1, 0.15) is 5.82 Å². The Balaban J connectivity index is 1.82. The Bertz CT molecular complexity index is 1750. The molecule has 9 nitrogen and oxygen atoms in total. The first kappa shape index (κ1) is 12.4. The molecule has 10 heteroatoms. The van der Waals surface area contributed by atoms with Crippen molar-refractivity contribution in [2.75, 3.05) is 17.2 Å². The third-order valence-electron chi connectivity index (χ3n) is 4.42. The molecular weight excluding hydrogens is 414 g/mol. The van der Waals surface area contributed by atoms with Gasteiger partial charge in [-0.1, -0.05) is 6.04 Å². The Hall–Kier alpha value is -3.50.